The summed E-state index contributed by atoms with van der Waals surface area (Å²) in [6, 6.07) is 16.7. The van der Waals surface area contributed by atoms with Gasteiger partial charge in [0.2, 0.25) is 0 Å². The number of hydrogen-bond donors (Lipinski definition) is 0. The van der Waals surface area contributed by atoms with Crippen LogP contribution in [0.4, 0.5) is 0 Å². The second-order valence-electron chi connectivity index (χ2n) is 6.37. The SMILES string of the molecule is COC(=O)/C=C(/[Se]C12C=CC(c3ccccc31)c1ccccc12)C(=O)OC. The molecule has 0 heterocycles. The summed E-state index contributed by atoms with van der Waals surface area (Å²) >= 11 is -0.414. The molecular formula is C22H18O4Se. The molecule has 0 saturated carbocycles. The zero-order valence-corrected chi connectivity index (χ0v) is 16.7. The average Bonchev–Trinajstić information content (AvgIpc) is 2.73. The summed E-state index contributed by atoms with van der Waals surface area (Å²) in [6.07, 6.45) is 5.66. The van der Waals surface area contributed by atoms with E-state index < -0.39 is 31.2 Å². The Hall–Kier alpha value is -2.62. The number of rotatable bonds is 4. The number of methoxy groups -OCH3 is 2. The van der Waals surface area contributed by atoms with Crippen molar-refractivity contribution in [3.63, 3.8) is 0 Å². The Morgan fingerprint density at radius 3 is 2.11 bits per heavy atom. The van der Waals surface area contributed by atoms with Crippen LogP contribution in [0, 0.1) is 0 Å². The van der Waals surface area contributed by atoms with E-state index in [0.717, 1.165) is 0 Å². The average molecular weight is 425 g/mol. The molecule has 3 aliphatic carbocycles. The fourth-order valence-electron chi connectivity index (χ4n) is 3.86. The van der Waals surface area contributed by atoms with Gasteiger partial charge in [-0.15, -0.1) is 0 Å². The normalized spacial score (nSPS) is 22.0. The van der Waals surface area contributed by atoms with Crippen LogP contribution in [-0.4, -0.2) is 41.1 Å². The van der Waals surface area contributed by atoms with E-state index in [4.69, 9.17) is 9.47 Å². The van der Waals surface area contributed by atoms with Crippen molar-refractivity contribution in [1.29, 1.82) is 0 Å². The van der Waals surface area contributed by atoms with Crippen molar-refractivity contribution in [2.75, 3.05) is 14.2 Å². The van der Waals surface area contributed by atoms with Gasteiger partial charge < -0.3 is 0 Å². The maximum atomic E-state index is 12.4. The van der Waals surface area contributed by atoms with Gasteiger partial charge >= 0.3 is 164 Å². The number of hydrogen-bond acceptors (Lipinski definition) is 4. The molecule has 4 nitrogen and oxygen atoms in total. The first-order valence-corrected chi connectivity index (χ1v) is 10.3. The molecule has 0 radical (unpaired) electrons. The summed E-state index contributed by atoms with van der Waals surface area (Å²) in [4.78, 5) is 24.3. The van der Waals surface area contributed by atoms with Gasteiger partial charge in [-0.05, 0) is 0 Å². The Bertz CT molecular complexity index is 942. The summed E-state index contributed by atoms with van der Waals surface area (Å²) in [5.74, 6) is -0.823. The molecule has 27 heavy (non-hydrogen) atoms. The molecule has 0 saturated heterocycles. The van der Waals surface area contributed by atoms with Crippen molar-refractivity contribution in [2.24, 2.45) is 0 Å². The monoisotopic (exact) mass is 426 g/mol. The van der Waals surface area contributed by atoms with Crippen LogP contribution in [0.1, 0.15) is 28.2 Å². The fraction of sp³-hybridized carbons (Fsp3) is 0.182. The van der Waals surface area contributed by atoms with E-state index in [1.54, 1.807) is 0 Å². The molecule has 0 fully saturated rings. The second-order valence-corrected chi connectivity index (χ2v) is 9.07. The Labute approximate surface area is 164 Å². The number of benzene rings is 2. The Morgan fingerprint density at radius 1 is 0.963 bits per heavy atom. The van der Waals surface area contributed by atoms with Gasteiger partial charge in [0.25, 0.3) is 0 Å². The number of esters is 2. The van der Waals surface area contributed by atoms with E-state index in [1.165, 1.54) is 42.5 Å². The zero-order valence-electron chi connectivity index (χ0n) is 15.0. The molecule has 0 amide bonds. The first kappa shape index (κ1) is 17.8. The molecule has 2 aromatic rings. The van der Waals surface area contributed by atoms with Gasteiger partial charge in [0.15, 0.2) is 0 Å². The standard InChI is InChI=1S/C22H18O4Se/c1-25-20(23)13-19(21(24)26-2)27-22-12-11-14(15-7-3-5-9-17(15)22)16-8-4-6-10-18(16)22/h3-14H,1-2H3/b19-13+. The van der Waals surface area contributed by atoms with Crippen LogP contribution < -0.4 is 0 Å². The molecule has 2 bridgehead atoms. The van der Waals surface area contributed by atoms with E-state index in [2.05, 4.69) is 36.4 Å². The molecule has 0 spiro atoms. The van der Waals surface area contributed by atoms with Crippen LogP contribution in [0.2, 0.25) is 0 Å². The second kappa shape index (κ2) is 6.84. The van der Waals surface area contributed by atoms with Crippen LogP contribution >= 0.6 is 0 Å². The molecule has 3 aliphatic rings. The van der Waals surface area contributed by atoms with E-state index in [1.807, 2.05) is 24.3 Å². The van der Waals surface area contributed by atoms with Crippen LogP contribution in [0.5, 0.6) is 0 Å². The van der Waals surface area contributed by atoms with Crippen LogP contribution in [0.25, 0.3) is 0 Å². The van der Waals surface area contributed by atoms with Gasteiger partial charge in [-0.3, -0.25) is 0 Å². The first-order valence-electron chi connectivity index (χ1n) is 8.56. The van der Waals surface area contributed by atoms with Crippen LogP contribution in [0.15, 0.2) is 71.2 Å². The summed E-state index contributed by atoms with van der Waals surface area (Å²) in [7, 11) is 2.63. The molecule has 2 aromatic carbocycles. The van der Waals surface area contributed by atoms with E-state index in [0.29, 0.717) is 4.47 Å². The van der Waals surface area contributed by atoms with Crippen molar-refractivity contribution < 1.29 is 19.1 Å². The molecule has 5 rings (SSSR count). The molecule has 136 valence electrons. The number of carbonyl (C=O) groups excluding carboxylic acids is 2. The molecule has 0 aromatic heterocycles. The van der Waals surface area contributed by atoms with Gasteiger partial charge in [-0.25, -0.2) is 0 Å². The van der Waals surface area contributed by atoms with Crippen molar-refractivity contribution >= 4 is 26.9 Å². The molecule has 0 aliphatic heterocycles. The summed E-state index contributed by atoms with van der Waals surface area (Å²) in [6.45, 7) is 0. The van der Waals surface area contributed by atoms with Crippen LogP contribution in [0.3, 0.4) is 0 Å². The van der Waals surface area contributed by atoms with Gasteiger partial charge in [0.05, 0.1) is 0 Å². The quantitative estimate of drug-likeness (QED) is 0.327. The Kier molecular flexibility index (Phi) is 4.50. The fourth-order valence-corrected chi connectivity index (χ4v) is 6.81. The first-order chi connectivity index (χ1) is 13.1. The predicted molar refractivity (Wildman–Crippen MR) is 103 cm³/mol. The predicted octanol–water partition coefficient (Wildman–Crippen LogP) is 2.88. The van der Waals surface area contributed by atoms with Crippen molar-refractivity contribution in [1.82, 2.24) is 0 Å². The van der Waals surface area contributed by atoms with E-state index in [9.17, 15) is 9.59 Å². The zero-order chi connectivity index (χ0) is 19.0. The number of carbonyl (C=O) groups is 2. The molecule has 5 heteroatoms. The summed E-state index contributed by atoms with van der Waals surface area (Å²) < 4.78 is 9.60. The molecule has 0 atom stereocenters. The topological polar surface area (TPSA) is 52.6 Å². The number of allylic oxidation sites excluding steroid dienone is 2. The summed E-state index contributed by atoms with van der Waals surface area (Å²) in [5, 5.41) is 0. The van der Waals surface area contributed by atoms with Gasteiger partial charge in [-0.2, -0.15) is 0 Å². The Morgan fingerprint density at radius 2 is 1.56 bits per heavy atom. The maximum absolute atomic E-state index is 12.4. The minimum atomic E-state index is -0.552. The van der Waals surface area contributed by atoms with Gasteiger partial charge in [-0.1, -0.05) is 0 Å². The van der Waals surface area contributed by atoms with E-state index >= 15 is 0 Å². The summed E-state index contributed by atoms with van der Waals surface area (Å²) in [5.41, 5.74) is 4.89. The third kappa shape index (κ3) is 2.75. The Balaban J connectivity index is 1.91. The third-order valence-corrected chi connectivity index (χ3v) is 7.97. The van der Waals surface area contributed by atoms with Gasteiger partial charge in [0.1, 0.15) is 0 Å². The molecular weight excluding hydrogens is 407 g/mol. The molecule has 0 N–H and O–H groups in total. The molecule has 0 unspecified atom stereocenters. The third-order valence-electron chi connectivity index (χ3n) is 5.02. The van der Waals surface area contributed by atoms with Crippen molar-refractivity contribution in [3.05, 3.63) is 93.5 Å². The van der Waals surface area contributed by atoms with E-state index in [-0.39, 0.29) is 5.92 Å². The number of ether oxygens (including phenoxy) is 2. The van der Waals surface area contributed by atoms with Crippen LogP contribution in [-0.2, 0) is 23.4 Å². The van der Waals surface area contributed by atoms with Crippen molar-refractivity contribution in [3.8, 4) is 0 Å². The van der Waals surface area contributed by atoms with Crippen molar-refractivity contribution in [2.45, 2.75) is 10.2 Å². The minimum absolute atomic E-state index is 0.223. The van der Waals surface area contributed by atoms with Gasteiger partial charge in [0, 0.05) is 0 Å².